The van der Waals surface area contributed by atoms with Crippen LogP contribution in [0.15, 0.2) is 308 Å². The number of ether oxygens (including phenoxy) is 7. The molecule has 0 bridgehead atoms. The Balaban J connectivity index is 0.000000173. The van der Waals surface area contributed by atoms with E-state index in [9.17, 15) is 43.9 Å². The highest BCUT2D eigenvalue weighted by Crippen LogP contribution is 2.39. The quantitative estimate of drug-likeness (QED) is 0.0163. The number of H-pyrrole nitrogens is 3. The van der Waals surface area contributed by atoms with E-state index in [0.29, 0.717) is 159 Å². The molecule has 17 N–H and O–H groups in total. The highest BCUT2D eigenvalue weighted by atomic mass is 19.4. The van der Waals surface area contributed by atoms with Gasteiger partial charge in [0.25, 0.3) is 0 Å². The van der Waals surface area contributed by atoms with Crippen molar-refractivity contribution in [1.29, 1.82) is 0 Å². The van der Waals surface area contributed by atoms with Crippen LogP contribution in [0, 0.1) is 20.8 Å². The molecule has 144 heavy (non-hydrogen) atoms. The molecule has 32 nitrogen and oxygen atoms in total. The number of oxazole rings is 1. The summed E-state index contributed by atoms with van der Waals surface area (Å²) in [7, 11) is 0. The first-order chi connectivity index (χ1) is 69.7. The van der Waals surface area contributed by atoms with E-state index in [-0.39, 0.29) is 109 Å². The lowest BCUT2D eigenvalue weighted by Gasteiger charge is -2.12. The first-order valence-corrected chi connectivity index (χ1v) is 44.5. The minimum Gasteiger partial charge on any atom is -0.489 e. The number of alkyl halides is 3. The minimum atomic E-state index is -4.58. The number of nitrogens with zero attached hydrogens (tertiary/aromatic N) is 11. The van der Waals surface area contributed by atoms with Crippen LogP contribution in [0.1, 0.15) is 74.2 Å². The van der Waals surface area contributed by atoms with Crippen LogP contribution >= 0.6 is 0 Å². The maximum Gasteiger partial charge on any atom is 0.451 e. The van der Waals surface area contributed by atoms with Gasteiger partial charge in [0, 0.05) is 153 Å². The Morgan fingerprint density at radius 2 is 0.701 bits per heavy atom. The Morgan fingerprint density at radius 3 is 1.01 bits per heavy atom. The maximum atomic E-state index is 12.4. The molecule has 0 aliphatic heterocycles. The van der Waals surface area contributed by atoms with Crippen molar-refractivity contribution in [2.24, 2.45) is 40.1 Å². The fraction of sp³-hybridized carbons (Fsp3) is 0.245. The van der Waals surface area contributed by atoms with Crippen molar-refractivity contribution in [3.05, 3.63) is 325 Å². The number of benzene rings is 8. The molecule has 16 rings (SSSR count). The average molecular weight is 2000 g/mol. The van der Waals surface area contributed by atoms with E-state index in [0.717, 1.165) is 78.7 Å². The number of hydrogen-bond donors (Lipinski definition) is 10. The zero-order valence-corrected chi connectivity index (χ0v) is 79.3. The van der Waals surface area contributed by atoms with Gasteiger partial charge in [-0.25, -0.2) is 50.7 Å². The van der Waals surface area contributed by atoms with Crippen molar-refractivity contribution in [3.8, 4) is 120 Å². The van der Waals surface area contributed by atoms with Crippen molar-refractivity contribution in [2.45, 2.75) is 71.9 Å². The van der Waals surface area contributed by atoms with Crippen LogP contribution in [0.5, 0.6) is 40.2 Å². The first kappa shape index (κ1) is 110. The average Bonchev–Trinajstić information content (AvgIpc) is 1.66. The number of halogens is 10. The van der Waals surface area contributed by atoms with E-state index in [1.165, 1.54) is 37.1 Å². The molecule has 0 atom stereocenters. The zero-order valence-electron chi connectivity index (χ0n) is 79.3. The molecule has 0 saturated heterocycles. The monoisotopic (exact) mass is 1990 g/mol. The molecule has 1 fully saturated rings. The second-order valence-corrected chi connectivity index (χ2v) is 32.4. The zero-order chi connectivity index (χ0) is 103. The van der Waals surface area contributed by atoms with E-state index in [1.54, 1.807) is 80.0 Å². The number of para-hydroxylation sites is 1. The number of hydrogen-bond acceptors (Lipinski definition) is 29. The first-order valence-electron chi connectivity index (χ1n) is 44.5. The van der Waals surface area contributed by atoms with Gasteiger partial charge in [-0.15, -0.1) is 0 Å². The predicted molar refractivity (Wildman–Crippen MR) is 525 cm³/mol. The number of nitrogens with one attached hydrogen (secondary N) is 3. The highest BCUT2D eigenvalue weighted by molar-refractivity contribution is 5.91. The SMILES string of the molecule is CC(C)(C)c1nc(-c2ccc(OC/C(=C/F)CN)cc2)n[nH]1.Cc1cnoc1-c1ccc(OC/C(=C/F)CN)cc1.Cc1coc(-c2ccc(OC/C(=C/F)CN)cc2)n1.Cc1nc(-c2ccc(OC/C(=C/F)CN)cc2)no1.NC/C(=C\F)COc1ccc(-c2n[nH]c(C(F)(F)F)n2)cc1.NC/C(=C\F)COc1ccc(-c2n[nH]c(C3CC3)n2)cc1.NC/C(=C\F)COc1ccc(-c2noc3ccccc23)cc1. The van der Waals surface area contributed by atoms with Crippen molar-refractivity contribution >= 4 is 11.0 Å². The van der Waals surface area contributed by atoms with Gasteiger partial charge in [0.15, 0.2) is 28.8 Å². The van der Waals surface area contributed by atoms with Crippen molar-refractivity contribution in [1.82, 2.24) is 71.0 Å². The number of nitrogens with two attached hydrogens (primary N) is 7. The minimum absolute atomic E-state index is 0.00871. The number of fused-ring (bicyclic) bond motifs is 1. The Bertz CT molecular complexity index is 6410. The summed E-state index contributed by atoms with van der Waals surface area (Å²) in [5.74, 6) is 9.04. The van der Waals surface area contributed by atoms with E-state index in [1.807, 2.05) is 128 Å². The molecular formula is C102H109F10N21O11. The van der Waals surface area contributed by atoms with Gasteiger partial charge >= 0.3 is 6.18 Å². The second-order valence-electron chi connectivity index (χ2n) is 32.4. The van der Waals surface area contributed by atoms with Gasteiger partial charge in [0.1, 0.15) is 110 Å². The molecule has 758 valence electrons. The summed E-state index contributed by atoms with van der Waals surface area (Å²) in [5, 5.41) is 32.4. The van der Waals surface area contributed by atoms with Crippen LogP contribution in [0.25, 0.3) is 90.6 Å². The maximum absolute atomic E-state index is 12.4. The number of rotatable bonds is 36. The third-order valence-corrected chi connectivity index (χ3v) is 20.4. The molecule has 0 spiro atoms. The lowest BCUT2D eigenvalue weighted by molar-refractivity contribution is -0.144. The van der Waals surface area contributed by atoms with Gasteiger partial charge in [-0.3, -0.25) is 15.3 Å². The lowest BCUT2D eigenvalue weighted by Crippen LogP contribution is -2.13. The van der Waals surface area contributed by atoms with Crippen molar-refractivity contribution in [2.75, 3.05) is 92.1 Å². The number of aromatic amines is 3. The summed E-state index contributed by atoms with van der Waals surface area (Å²) in [5.41, 5.74) is 49.2. The Hall–Kier alpha value is -16.0. The van der Waals surface area contributed by atoms with E-state index in [4.69, 9.17) is 91.3 Å². The third-order valence-electron chi connectivity index (χ3n) is 20.4. The number of aromatic nitrogens is 14. The molecular weight excluding hydrogens is 1890 g/mol. The van der Waals surface area contributed by atoms with Gasteiger partial charge in [-0.05, 0) is 209 Å². The molecule has 1 saturated carbocycles. The summed E-state index contributed by atoms with van der Waals surface area (Å²) >= 11 is 0. The Labute approximate surface area is 821 Å². The van der Waals surface area contributed by atoms with Crippen molar-refractivity contribution < 1.29 is 95.0 Å². The van der Waals surface area contributed by atoms with Crippen LogP contribution in [-0.4, -0.2) is 163 Å². The van der Waals surface area contributed by atoms with Crippen LogP contribution in [0.4, 0.5) is 43.9 Å². The van der Waals surface area contributed by atoms with E-state index in [2.05, 4.69) is 86.7 Å². The summed E-state index contributed by atoms with van der Waals surface area (Å²) in [6.07, 6.45) is 4.31. The Morgan fingerprint density at radius 1 is 0.368 bits per heavy atom. The van der Waals surface area contributed by atoms with Gasteiger partial charge in [-0.2, -0.15) is 33.5 Å². The summed E-state index contributed by atoms with van der Waals surface area (Å²) in [6.45, 7) is 13.5. The van der Waals surface area contributed by atoms with Gasteiger partial charge in [0.2, 0.25) is 23.4 Å². The predicted octanol–water partition coefficient (Wildman–Crippen LogP) is 19.8. The molecule has 7 heterocycles. The van der Waals surface area contributed by atoms with Crippen molar-refractivity contribution in [3.63, 3.8) is 0 Å². The van der Waals surface area contributed by atoms with Crippen LogP contribution in [-0.2, 0) is 11.6 Å². The smallest absolute Gasteiger partial charge is 0.451 e. The van der Waals surface area contributed by atoms with Crippen LogP contribution in [0.2, 0.25) is 0 Å². The Kier molecular flexibility index (Phi) is 43.1. The summed E-state index contributed by atoms with van der Waals surface area (Å²) in [4.78, 5) is 20.7. The van der Waals surface area contributed by atoms with E-state index < -0.39 is 12.0 Å². The molecule has 8 aromatic carbocycles. The molecule has 1 aliphatic carbocycles. The molecule has 7 aromatic heterocycles. The van der Waals surface area contributed by atoms with E-state index >= 15 is 0 Å². The summed E-state index contributed by atoms with van der Waals surface area (Å²) < 4.78 is 182. The normalized spacial score (nSPS) is 12.5. The molecule has 0 amide bonds. The standard InChI is InChI=1S/C17H15FN2O2.C16H21FN4O.C15H17FN4O.2C14H15FN2O2.C13H12F4N4O.C13H14FN3O2/c18-9-12(10-19)11-21-14-7-5-13(6-8-14)17-15-3-1-2-4-16(15)22-20-17;1-16(2,3)15-19-14(20-21-15)12-4-6-13(7-5-12)22-10-11(8-17)9-18;16-7-10(8-17)9-21-13-5-3-12(4-6-13)15-18-14(19-20-15)11-1-2-11;1-10-8-19-14(17-10)12-2-4-13(5-3-12)18-9-11(6-15)7-16;1-10-8-17-19-14(10)12-2-4-13(5-3-12)18-9-11(6-15)7-16;14-5-8(6-18)7-22-10-3-1-9(2-4-10)11-19-12(21-20-11)13(15,16)17;1-9-16-13(17-19-9)11-2-4-12(5-3-11)18-8-10(6-14)7-15/h1-9H,10-11,19H2;4-8H,9-10,18H2,1-3H3,(H,19,20,21);3-7,11H,1-2,8-9,17H2,(H,18,19,20);2*2-6,8H,7,9,16H2,1H3;1-5H,6-7,18H2,(H,19,20,21);2-6H,7-8,15H2,1H3/b12-9+;11-8+;10-7+;2*11-6+;8-5+;10-6+. The number of aryl methyl sites for hydroxylation is 3. The molecule has 1 aliphatic rings. The molecule has 0 unspecified atom stereocenters. The fourth-order valence-corrected chi connectivity index (χ4v) is 11.8. The second kappa shape index (κ2) is 56.5. The molecule has 0 radical (unpaired) electrons. The topological polar surface area (TPSA) is 488 Å². The van der Waals surface area contributed by atoms with Crippen LogP contribution in [0.3, 0.4) is 0 Å². The van der Waals surface area contributed by atoms with Gasteiger partial charge < -0.3 is 91.3 Å². The fourth-order valence-electron chi connectivity index (χ4n) is 11.8. The van der Waals surface area contributed by atoms with Crippen LogP contribution < -0.4 is 73.3 Å². The summed E-state index contributed by atoms with van der Waals surface area (Å²) in [6, 6.07) is 57.5. The van der Waals surface area contributed by atoms with Gasteiger partial charge in [0.05, 0.1) is 56.2 Å². The third kappa shape index (κ3) is 34.5. The highest BCUT2D eigenvalue weighted by Gasteiger charge is 2.35. The largest absolute Gasteiger partial charge is 0.489 e. The van der Waals surface area contributed by atoms with Gasteiger partial charge in [-0.1, -0.05) is 48.4 Å². The lowest BCUT2D eigenvalue weighted by atomic mass is 9.96. The molecule has 15 aromatic rings. The molecule has 42 heteroatoms.